The van der Waals surface area contributed by atoms with Crippen LogP contribution in [0.5, 0.6) is 0 Å². The van der Waals surface area contributed by atoms with Gasteiger partial charge in [-0.1, -0.05) is 19.1 Å². The zero-order valence-corrected chi connectivity index (χ0v) is 6.55. The van der Waals surface area contributed by atoms with E-state index in [1.807, 2.05) is 6.92 Å². The van der Waals surface area contributed by atoms with Crippen molar-refractivity contribution in [3.63, 3.8) is 0 Å². The number of thiocarbonyl (C=S) groups is 1. The molecule has 1 N–H and O–H groups in total. The average Bonchev–Trinajstić information content (AvgIpc) is 1.63. The van der Waals surface area contributed by atoms with E-state index < -0.39 is 0 Å². The highest BCUT2D eigenvalue weighted by atomic mass is 32.1. The number of carbonyl (C=O) groups is 1. The first-order valence-electron chi connectivity index (χ1n) is 2.97. The standard InChI is InChI=1S/C6H11NOS/c1-3-4-6(8)7-5(2)9/h3-4H2,1-2H3,(H,7,8,9). The molecule has 0 spiro atoms. The van der Waals surface area contributed by atoms with Gasteiger partial charge < -0.3 is 5.32 Å². The number of hydrogen-bond acceptors (Lipinski definition) is 2. The summed E-state index contributed by atoms with van der Waals surface area (Å²) >= 11 is 4.65. The lowest BCUT2D eigenvalue weighted by Crippen LogP contribution is -2.25. The van der Waals surface area contributed by atoms with Gasteiger partial charge in [0.1, 0.15) is 0 Å². The fourth-order valence-electron chi connectivity index (χ4n) is 0.486. The lowest BCUT2D eigenvalue weighted by molar-refractivity contribution is -0.119. The van der Waals surface area contributed by atoms with Crippen LogP contribution < -0.4 is 5.32 Å². The maximum Gasteiger partial charge on any atom is 0.224 e. The van der Waals surface area contributed by atoms with Crippen molar-refractivity contribution in [3.05, 3.63) is 0 Å². The molecule has 0 saturated heterocycles. The Morgan fingerprint density at radius 1 is 1.67 bits per heavy atom. The Morgan fingerprint density at radius 2 is 2.22 bits per heavy atom. The van der Waals surface area contributed by atoms with E-state index in [0.29, 0.717) is 11.4 Å². The molecular formula is C6H11NOS. The quantitative estimate of drug-likeness (QED) is 0.592. The van der Waals surface area contributed by atoms with Gasteiger partial charge in [0.2, 0.25) is 5.91 Å². The molecule has 0 fully saturated rings. The number of hydrogen-bond donors (Lipinski definition) is 1. The van der Waals surface area contributed by atoms with E-state index in [2.05, 4.69) is 17.5 Å². The van der Waals surface area contributed by atoms with Crippen LogP contribution in [0.1, 0.15) is 26.7 Å². The molecule has 0 aromatic heterocycles. The van der Waals surface area contributed by atoms with E-state index in [-0.39, 0.29) is 5.91 Å². The van der Waals surface area contributed by atoms with E-state index in [1.54, 1.807) is 6.92 Å². The third-order valence-corrected chi connectivity index (χ3v) is 0.895. The van der Waals surface area contributed by atoms with Gasteiger partial charge in [0.15, 0.2) is 0 Å². The summed E-state index contributed by atoms with van der Waals surface area (Å²) in [6.45, 7) is 3.65. The molecule has 0 saturated carbocycles. The smallest absolute Gasteiger partial charge is 0.224 e. The predicted molar refractivity (Wildman–Crippen MR) is 41.3 cm³/mol. The number of rotatable bonds is 2. The zero-order chi connectivity index (χ0) is 7.28. The Morgan fingerprint density at radius 3 is 2.56 bits per heavy atom. The van der Waals surface area contributed by atoms with Gasteiger partial charge in [0.25, 0.3) is 0 Å². The van der Waals surface area contributed by atoms with E-state index in [9.17, 15) is 4.79 Å². The highest BCUT2D eigenvalue weighted by Gasteiger charge is 1.96. The molecule has 2 nitrogen and oxygen atoms in total. The summed E-state index contributed by atoms with van der Waals surface area (Å²) in [6, 6.07) is 0. The van der Waals surface area contributed by atoms with Gasteiger partial charge in [-0.2, -0.15) is 0 Å². The van der Waals surface area contributed by atoms with Gasteiger partial charge in [-0.25, -0.2) is 0 Å². The Hall–Kier alpha value is -0.440. The van der Waals surface area contributed by atoms with Gasteiger partial charge in [-0.05, 0) is 13.3 Å². The molecule has 0 rings (SSSR count). The molecule has 0 radical (unpaired) electrons. The first-order chi connectivity index (χ1) is 4.16. The summed E-state index contributed by atoms with van der Waals surface area (Å²) < 4.78 is 0. The molecule has 0 aromatic carbocycles. The van der Waals surface area contributed by atoms with Gasteiger partial charge in [-0.3, -0.25) is 4.79 Å². The first kappa shape index (κ1) is 8.56. The van der Waals surface area contributed by atoms with Crippen LogP contribution in [-0.2, 0) is 4.79 Å². The molecule has 0 bridgehead atoms. The fourth-order valence-corrected chi connectivity index (χ4v) is 0.600. The Bertz CT molecular complexity index is 122. The number of carbonyl (C=O) groups excluding carboxylic acids is 1. The minimum Gasteiger partial charge on any atom is -0.321 e. The maximum atomic E-state index is 10.7. The molecule has 0 aliphatic heterocycles. The fraction of sp³-hybridized carbons (Fsp3) is 0.667. The molecule has 3 heteroatoms. The molecule has 0 heterocycles. The van der Waals surface area contributed by atoms with Crippen LogP contribution in [0.3, 0.4) is 0 Å². The van der Waals surface area contributed by atoms with E-state index in [4.69, 9.17) is 0 Å². The van der Waals surface area contributed by atoms with Crippen molar-refractivity contribution < 1.29 is 4.79 Å². The Labute approximate surface area is 60.6 Å². The van der Waals surface area contributed by atoms with Crippen LogP contribution in [0.25, 0.3) is 0 Å². The van der Waals surface area contributed by atoms with Crippen LogP contribution in [0, 0.1) is 0 Å². The third kappa shape index (κ3) is 5.43. The van der Waals surface area contributed by atoms with Crippen molar-refractivity contribution in [2.45, 2.75) is 26.7 Å². The predicted octanol–water partition coefficient (Wildman–Crippen LogP) is 1.25. The van der Waals surface area contributed by atoms with Gasteiger partial charge in [0.05, 0.1) is 4.99 Å². The molecule has 0 aliphatic rings. The van der Waals surface area contributed by atoms with Crippen molar-refractivity contribution in [2.24, 2.45) is 0 Å². The van der Waals surface area contributed by atoms with Crippen molar-refractivity contribution in [3.8, 4) is 0 Å². The minimum absolute atomic E-state index is 0.0185. The molecule has 0 aromatic rings. The van der Waals surface area contributed by atoms with Crippen LogP contribution in [0.2, 0.25) is 0 Å². The Balaban J connectivity index is 3.39. The summed E-state index contributed by atoms with van der Waals surface area (Å²) in [7, 11) is 0. The van der Waals surface area contributed by atoms with Crippen LogP contribution >= 0.6 is 12.2 Å². The van der Waals surface area contributed by atoms with Crippen LogP contribution in [0.4, 0.5) is 0 Å². The van der Waals surface area contributed by atoms with E-state index in [1.165, 1.54) is 0 Å². The minimum atomic E-state index is 0.0185. The summed E-state index contributed by atoms with van der Waals surface area (Å²) in [6.07, 6.45) is 1.43. The molecular weight excluding hydrogens is 134 g/mol. The van der Waals surface area contributed by atoms with E-state index >= 15 is 0 Å². The summed E-state index contributed by atoms with van der Waals surface area (Å²) in [5.74, 6) is 0.0185. The van der Waals surface area contributed by atoms with Crippen LogP contribution in [0.15, 0.2) is 0 Å². The summed E-state index contributed by atoms with van der Waals surface area (Å²) in [5, 5.41) is 2.54. The van der Waals surface area contributed by atoms with Gasteiger partial charge in [-0.15, -0.1) is 0 Å². The molecule has 0 aliphatic carbocycles. The monoisotopic (exact) mass is 145 g/mol. The Kier molecular flexibility index (Phi) is 4.22. The molecule has 1 amide bonds. The van der Waals surface area contributed by atoms with Gasteiger partial charge >= 0.3 is 0 Å². The average molecular weight is 145 g/mol. The first-order valence-corrected chi connectivity index (χ1v) is 3.38. The molecule has 52 valence electrons. The normalized spacial score (nSPS) is 8.67. The van der Waals surface area contributed by atoms with Crippen molar-refractivity contribution >= 4 is 23.1 Å². The van der Waals surface area contributed by atoms with Crippen LogP contribution in [-0.4, -0.2) is 10.9 Å². The zero-order valence-electron chi connectivity index (χ0n) is 5.73. The molecule has 0 atom stereocenters. The maximum absolute atomic E-state index is 10.7. The lowest BCUT2D eigenvalue weighted by atomic mass is 10.3. The summed E-state index contributed by atoms with van der Waals surface area (Å²) in [4.78, 5) is 11.2. The number of amides is 1. The van der Waals surface area contributed by atoms with Crippen molar-refractivity contribution in [1.29, 1.82) is 0 Å². The molecule has 9 heavy (non-hydrogen) atoms. The summed E-state index contributed by atoms with van der Waals surface area (Å²) in [5.41, 5.74) is 0. The highest BCUT2D eigenvalue weighted by Crippen LogP contribution is 1.84. The third-order valence-electron chi connectivity index (χ3n) is 0.793. The highest BCUT2D eigenvalue weighted by molar-refractivity contribution is 7.80. The second-order valence-electron chi connectivity index (χ2n) is 1.85. The largest absolute Gasteiger partial charge is 0.321 e. The van der Waals surface area contributed by atoms with Gasteiger partial charge in [0, 0.05) is 6.42 Å². The second kappa shape index (κ2) is 4.44. The van der Waals surface area contributed by atoms with Crippen molar-refractivity contribution in [1.82, 2.24) is 5.32 Å². The SMILES string of the molecule is CCCC(=O)NC(C)=S. The topological polar surface area (TPSA) is 29.1 Å². The second-order valence-corrected chi connectivity index (χ2v) is 2.47. The molecule has 0 unspecified atom stereocenters. The van der Waals surface area contributed by atoms with Crippen molar-refractivity contribution in [2.75, 3.05) is 0 Å². The van der Waals surface area contributed by atoms with E-state index in [0.717, 1.165) is 6.42 Å². The lowest BCUT2D eigenvalue weighted by Gasteiger charge is -1.98. The number of nitrogens with one attached hydrogen (secondary N) is 1.